The number of aromatic nitrogens is 2. The molecule has 1 unspecified atom stereocenters. The molecule has 0 aliphatic carbocycles. The van der Waals surface area contributed by atoms with Crippen LogP contribution in [-0.2, 0) is 16.6 Å². The second kappa shape index (κ2) is 8.53. The Morgan fingerprint density at radius 1 is 1.30 bits per heavy atom. The summed E-state index contributed by atoms with van der Waals surface area (Å²) < 4.78 is 31.4. The number of piperidine rings is 1. The van der Waals surface area contributed by atoms with E-state index in [2.05, 4.69) is 37.3 Å². The minimum atomic E-state index is -3.37. The molecular weight excluding hydrogens is 402 g/mol. The number of aromatic amines is 1. The van der Waals surface area contributed by atoms with Crippen molar-refractivity contribution in [2.75, 3.05) is 36.5 Å². The molecule has 30 heavy (non-hydrogen) atoms. The maximum Gasteiger partial charge on any atom is 0.229 e. The number of anilines is 2. The Bertz CT molecular complexity index is 1130. The molecule has 4 rings (SSSR count). The normalized spacial score (nSPS) is 17.7. The van der Waals surface area contributed by atoms with Gasteiger partial charge in [0.2, 0.25) is 10.0 Å². The maximum atomic E-state index is 11.7. The Hall–Kier alpha value is -2.78. The lowest BCUT2D eigenvalue weighted by Gasteiger charge is -2.34. The number of fused-ring (bicyclic) bond motifs is 1. The van der Waals surface area contributed by atoms with Gasteiger partial charge in [-0.1, -0.05) is 12.1 Å². The van der Waals surface area contributed by atoms with Gasteiger partial charge >= 0.3 is 0 Å². The van der Waals surface area contributed by atoms with Crippen molar-refractivity contribution < 1.29 is 13.2 Å². The number of H-pyrrole nitrogens is 1. The van der Waals surface area contributed by atoms with Crippen molar-refractivity contribution >= 4 is 32.3 Å². The lowest BCUT2D eigenvalue weighted by molar-refractivity contribution is 0.206. The lowest BCUT2D eigenvalue weighted by Crippen LogP contribution is -2.41. The van der Waals surface area contributed by atoms with E-state index in [1.54, 1.807) is 13.2 Å². The van der Waals surface area contributed by atoms with Crippen LogP contribution in [0.15, 0.2) is 42.6 Å². The fraction of sp³-hybridized carbons (Fsp3) is 0.381. The van der Waals surface area contributed by atoms with Crippen LogP contribution in [0.5, 0.6) is 5.75 Å². The molecule has 1 atom stereocenters. The van der Waals surface area contributed by atoms with E-state index in [-0.39, 0.29) is 0 Å². The largest absolute Gasteiger partial charge is 0.494 e. The molecule has 1 saturated heterocycles. The number of likely N-dealkylation sites (tertiary alicyclic amines) is 1. The molecule has 0 bridgehead atoms. The Morgan fingerprint density at radius 2 is 2.17 bits per heavy atom. The quantitative estimate of drug-likeness (QED) is 0.534. The van der Waals surface area contributed by atoms with Crippen LogP contribution in [0.4, 0.5) is 11.4 Å². The zero-order valence-corrected chi connectivity index (χ0v) is 18.0. The van der Waals surface area contributed by atoms with Gasteiger partial charge < -0.3 is 10.1 Å². The van der Waals surface area contributed by atoms with Crippen LogP contribution in [0, 0.1) is 0 Å². The number of hydrogen-bond donors (Lipinski definition) is 3. The molecule has 3 N–H and O–H groups in total. The van der Waals surface area contributed by atoms with Crippen molar-refractivity contribution in [1.29, 1.82) is 0 Å². The molecule has 0 saturated carbocycles. The van der Waals surface area contributed by atoms with E-state index in [4.69, 9.17) is 4.74 Å². The van der Waals surface area contributed by atoms with Gasteiger partial charge in [-0.15, -0.1) is 0 Å². The van der Waals surface area contributed by atoms with Gasteiger partial charge in [-0.25, -0.2) is 8.42 Å². The van der Waals surface area contributed by atoms with Gasteiger partial charge in [-0.05, 0) is 43.7 Å². The van der Waals surface area contributed by atoms with Crippen molar-refractivity contribution in [3.63, 3.8) is 0 Å². The summed E-state index contributed by atoms with van der Waals surface area (Å²) in [6, 6.07) is 12.1. The first-order valence-corrected chi connectivity index (χ1v) is 11.9. The molecule has 0 radical (unpaired) electrons. The van der Waals surface area contributed by atoms with Crippen LogP contribution < -0.4 is 14.8 Å². The first-order chi connectivity index (χ1) is 14.4. The highest BCUT2D eigenvalue weighted by molar-refractivity contribution is 7.92. The monoisotopic (exact) mass is 429 g/mol. The summed E-state index contributed by atoms with van der Waals surface area (Å²) in [6.45, 7) is 2.59. The van der Waals surface area contributed by atoms with E-state index in [9.17, 15) is 8.42 Å². The van der Waals surface area contributed by atoms with E-state index in [0.717, 1.165) is 54.3 Å². The number of sulfonamides is 1. The first-order valence-electron chi connectivity index (χ1n) is 9.97. The van der Waals surface area contributed by atoms with Gasteiger partial charge in [0.15, 0.2) is 0 Å². The fourth-order valence-corrected chi connectivity index (χ4v) is 4.62. The number of nitrogens with zero attached hydrogens (tertiary/aromatic N) is 2. The molecule has 2 aromatic carbocycles. The standard InChI is InChI=1S/C21H27N5O3S/c1-29-21-15(5-3-7-20(21)25-30(2,27)28)13-26-10-4-6-18(14-26)23-17-8-9-19-16(11-17)12-22-24-19/h3,5,7-9,11-12,18,23,25H,4,6,10,13-14H2,1-2H3,(H,22,24). The number of benzene rings is 2. The van der Waals surface area contributed by atoms with Crippen LogP contribution in [0.2, 0.25) is 0 Å². The molecule has 0 spiro atoms. The fourth-order valence-electron chi connectivity index (χ4n) is 4.06. The summed E-state index contributed by atoms with van der Waals surface area (Å²) >= 11 is 0. The van der Waals surface area contributed by atoms with Gasteiger partial charge in [-0.3, -0.25) is 14.7 Å². The average molecular weight is 430 g/mol. The van der Waals surface area contributed by atoms with Crippen molar-refractivity contribution in [2.24, 2.45) is 0 Å². The zero-order valence-electron chi connectivity index (χ0n) is 17.2. The summed E-state index contributed by atoms with van der Waals surface area (Å²) in [4.78, 5) is 2.37. The summed E-state index contributed by atoms with van der Waals surface area (Å²) in [5.74, 6) is 0.573. The first kappa shape index (κ1) is 20.5. The third-order valence-electron chi connectivity index (χ3n) is 5.31. The van der Waals surface area contributed by atoms with E-state index >= 15 is 0 Å². The minimum Gasteiger partial charge on any atom is -0.494 e. The number of ether oxygens (including phenoxy) is 1. The zero-order chi connectivity index (χ0) is 21.1. The maximum absolute atomic E-state index is 11.7. The molecule has 9 heteroatoms. The second-order valence-corrected chi connectivity index (χ2v) is 9.51. The third-order valence-corrected chi connectivity index (χ3v) is 5.90. The Labute approximate surface area is 176 Å². The molecule has 3 aromatic rings. The molecular formula is C21H27N5O3S. The number of nitrogens with one attached hydrogen (secondary N) is 3. The number of hydrogen-bond acceptors (Lipinski definition) is 6. The molecule has 1 aliphatic heterocycles. The molecule has 160 valence electrons. The number of rotatable bonds is 7. The van der Waals surface area contributed by atoms with E-state index in [1.165, 1.54) is 0 Å². The minimum absolute atomic E-state index is 0.339. The van der Waals surface area contributed by atoms with Gasteiger partial charge in [0, 0.05) is 35.8 Å². The van der Waals surface area contributed by atoms with E-state index in [0.29, 0.717) is 24.0 Å². The van der Waals surface area contributed by atoms with Crippen LogP contribution >= 0.6 is 0 Å². The Balaban J connectivity index is 1.45. The van der Waals surface area contributed by atoms with Crippen molar-refractivity contribution in [2.45, 2.75) is 25.4 Å². The number of para-hydroxylation sites is 1. The molecule has 1 aromatic heterocycles. The predicted molar refractivity (Wildman–Crippen MR) is 119 cm³/mol. The van der Waals surface area contributed by atoms with Gasteiger partial charge in [-0.2, -0.15) is 5.10 Å². The topological polar surface area (TPSA) is 99.3 Å². The lowest BCUT2D eigenvalue weighted by atomic mass is 10.0. The van der Waals surface area contributed by atoms with E-state index in [1.807, 2.05) is 24.4 Å². The van der Waals surface area contributed by atoms with Gasteiger partial charge in [0.25, 0.3) is 0 Å². The summed E-state index contributed by atoms with van der Waals surface area (Å²) in [6.07, 6.45) is 5.17. The van der Waals surface area contributed by atoms with Crippen LogP contribution in [0.25, 0.3) is 10.9 Å². The van der Waals surface area contributed by atoms with Crippen molar-refractivity contribution in [1.82, 2.24) is 15.1 Å². The molecule has 1 aliphatic rings. The van der Waals surface area contributed by atoms with Gasteiger partial charge in [0.1, 0.15) is 5.75 Å². The molecule has 0 amide bonds. The SMILES string of the molecule is COc1c(CN2CCCC(Nc3ccc4[nH]ncc4c3)C2)cccc1NS(C)(=O)=O. The Morgan fingerprint density at radius 3 is 2.97 bits per heavy atom. The summed E-state index contributed by atoms with van der Waals surface area (Å²) in [7, 11) is -1.81. The highest BCUT2D eigenvalue weighted by atomic mass is 32.2. The molecule has 1 fully saturated rings. The van der Waals surface area contributed by atoms with Crippen LogP contribution in [-0.4, -0.2) is 56.0 Å². The third kappa shape index (κ3) is 4.85. The Kier molecular flexibility index (Phi) is 5.83. The summed E-state index contributed by atoms with van der Waals surface area (Å²) in [5.41, 5.74) is 3.55. The second-order valence-electron chi connectivity index (χ2n) is 7.76. The average Bonchev–Trinajstić information content (AvgIpc) is 3.15. The van der Waals surface area contributed by atoms with Crippen LogP contribution in [0.1, 0.15) is 18.4 Å². The molecule has 2 heterocycles. The molecule has 8 nitrogen and oxygen atoms in total. The predicted octanol–water partition coefficient (Wildman–Crippen LogP) is 3.02. The van der Waals surface area contributed by atoms with Gasteiger partial charge in [0.05, 0.1) is 30.8 Å². The van der Waals surface area contributed by atoms with Crippen LogP contribution in [0.3, 0.4) is 0 Å². The summed E-state index contributed by atoms with van der Waals surface area (Å²) in [5, 5.41) is 11.8. The van der Waals surface area contributed by atoms with E-state index < -0.39 is 10.0 Å². The van der Waals surface area contributed by atoms with Crippen molar-refractivity contribution in [3.05, 3.63) is 48.2 Å². The van der Waals surface area contributed by atoms with Crippen molar-refractivity contribution in [3.8, 4) is 5.75 Å². The number of methoxy groups -OCH3 is 1. The highest BCUT2D eigenvalue weighted by Crippen LogP contribution is 2.31. The smallest absolute Gasteiger partial charge is 0.229 e. The highest BCUT2D eigenvalue weighted by Gasteiger charge is 2.22.